The van der Waals surface area contributed by atoms with E-state index < -0.39 is 11.9 Å². The number of benzene rings is 1. The molecule has 1 atom stereocenters. The third kappa shape index (κ3) is 2.27. The number of carboxylic acid groups (broad SMARTS) is 1. The number of fused-ring (bicyclic) bond motifs is 1. The minimum absolute atomic E-state index is 0.156. The Kier molecular flexibility index (Phi) is 3.37. The monoisotopic (exact) mass is 304 g/mol. The van der Waals surface area contributed by atoms with Gasteiger partial charge < -0.3 is 5.11 Å². The molecule has 0 saturated heterocycles. The van der Waals surface area contributed by atoms with Crippen molar-refractivity contribution in [3.8, 4) is 0 Å². The van der Waals surface area contributed by atoms with Crippen molar-refractivity contribution in [3.63, 3.8) is 0 Å². The van der Waals surface area contributed by atoms with Gasteiger partial charge >= 0.3 is 5.97 Å². The van der Waals surface area contributed by atoms with Crippen molar-refractivity contribution in [2.45, 2.75) is 25.7 Å². The maximum absolute atomic E-state index is 13.0. The highest BCUT2D eigenvalue weighted by molar-refractivity contribution is 7.12. The lowest BCUT2D eigenvalue weighted by atomic mass is 9.99. The van der Waals surface area contributed by atoms with Gasteiger partial charge in [-0.05, 0) is 49.6 Å². The third-order valence-electron chi connectivity index (χ3n) is 3.85. The fraction of sp³-hybridized carbons (Fsp3) is 0.250. The lowest BCUT2D eigenvalue weighted by Crippen LogP contribution is -2.06. The first-order valence-electron chi connectivity index (χ1n) is 6.64. The molecule has 1 unspecified atom stereocenters. The number of halogens is 1. The van der Waals surface area contributed by atoms with Crippen molar-refractivity contribution in [1.29, 1.82) is 0 Å². The number of carbonyl (C=O) groups is 2. The van der Waals surface area contributed by atoms with E-state index in [0.717, 1.165) is 15.3 Å². The molecule has 0 saturated carbocycles. The predicted octanol–water partition coefficient (Wildman–Crippen LogP) is 3.54. The Morgan fingerprint density at radius 1 is 1.29 bits per heavy atom. The van der Waals surface area contributed by atoms with E-state index in [1.54, 1.807) is 0 Å². The molecule has 3 rings (SSSR count). The van der Waals surface area contributed by atoms with E-state index in [1.807, 2.05) is 6.92 Å². The molecule has 108 valence electrons. The van der Waals surface area contributed by atoms with Gasteiger partial charge in [-0.2, -0.15) is 0 Å². The van der Waals surface area contributed by atoms with E-state index in [1.165, 1.54) is 35.6 Å². The Hall–Kier alpha value is -2.01. The molecule has 0 spiro atoms. The Labute approximate surface area is 125 Å². The molecule has 5 heteroatoms. The van der Waals surface area contributed by atoms with E-state index in [4.69, 9.17) is 0 Å². The fourth-order valence-electron chi connectivity index (χ4n) is 2.84. The number of carboxylic acids is 1. The quantitative estimate of drug-likeness (QED) is 0.882. The number of aliphatic carboxylic acids is 1. The first-order valence-corrected chi connectivity index (χ1v) is 7.46. The summed E-state index contributed by atoms with van der Waals surface area (Å²) in [4.78, 5) is 25.5. The molecule has 1 heterocycles. The number of aryl methyl sites for hydroxylation is 1. The van der Waals surface area contributed by atoms with Gasteiger partial charge in [0.1, 0.15) is 5.82 Å². The van der Waals surface area contributed by atoms with Gasteiger partial charge in [0.05, 0.1) is 5.92 Å². The molecule has 3 nitrogen and oxygen atoms in total. The maximum Gasteiger partial charge on any atom is 0.311 e. The average Bonchev–Trinajstić information content (AvgIpc) is 2.96. The number of carbonyl (C=O) groups excluding carboxylic acids is 1. The topological polar surface area (TPSA) is 54.4 Å². The summed E-state index contributed by atoms with van der Waals surface area (Å²) in [6.45, 7) is 1.83. The minimum atomic E-state index is -0.837. The first-order chi connectivity index (χ1) is 9.99. The molecular weight excluding hydrogens is 291 g/mol. The molecule has 0 amide bonds. The number of hydrogen-bond acceptors (Lipinski definition) is 3. The zero-order valence-electron chi connectivity index (χ0n) is 11.4. The van der Waals surface area contributed by atoms with E-state index in [2.05, 4.69) is 0 Å². The summed E-state index contributed by atoms with van der Waals surface area (Å²) in [6.07, 6.45) is 1.15. The maximum atomic E-state index is 13.0. The highest BCUT2D eigenvalue weighted by Gasteiger charge is 2.35. The second-order valence-electron chi connectivity index (χ2n) is 5.14. The Morgan fingerprint density at radius 2 is 1.95 bits per heavy atom. The van der Waals surface area contributed by atoms with Crippen molar-refractivity contribution < 1.29 is 19.1 Å². The standard InChI is InChI=1S/C16H13FO3S/c1-8-13(14(18)9-2-4-10(17)5-3-9)11-6-7-12(16(19)20)15(11)21-8/h2-5,12H,6-7H2,1H3,(H,19,20). The summed E-state index contributed by atoms with van der Waals surface area (Å²) < 4.78 is 13.0. The van der Waals surface area contributed by atoms with Gasteiger partial charge in [0.15, 0.2) is 5.78 Å². The predicted molar refractivity (Wildman–Crippen MR) is 77.6 cm³/mol. The van der Waals surface area contributed by atoms with E-state index in [0.29, 0.717) is 24.0 Å². The molecule has 0 bridgehead atoms. The molecule has 2 aromatic rings. The van der Waals surface area contributed by atoms with Gasteiger partial charge in [-0.3, -0.25) is 9.59 Å². The van der Waals surface area contributed by atoms with Crippen molar-refractivity contribution in [2.24, 2.45) is 0 Å². The minimum Gasteiger partial charge on any atom is -0.481 e. The van der Waals surface area contributed by atoms with Crippen LogP contribution in [-0.2, 0) is 11.2 Å². The largest absolute Gasteiger partial charge is 0.481 e. The highest BCUT2D eigenvalue weighted by atomic mass is 32.1. The molecule has 1 aliphatic carbocycles. The van der Waals surface area contributed by atoms with Gasteiger partial charge in [-0.25, -0.2) is 4.39 Å². The van der Waals surface area contributed by atoms with Crippen molar-refractivity contribution in [2.75, 3.05) is 0 Å². The van der Waals surface area contributed by atoms with E-state index >= 15 is 0 Å². The van der Waals surface area contributed by atoms with Crippen molar-refractivity contribution >= 4 is 23.1 Å². The molecule has 1 N–H and O–H groups in total. The molecule has 1 aromatic carbocycles. The van der Waals surface area contributed by atoms with Crippen LogP contribution in [-0.4, -0.2) is 16.9 Å². The zero-order chi connectivity index (χ0) is 15.1. The van der Waals surface area contributed by atoms with Crippen LogP contribution in [0.25, 0.3) is 0 Å². The van der Waals surface area contributed by atoms with Gasteiger partial charge in [0.2, 0.25) is 0 Å². The SMILES string of the molecule is Cc1sc2c(c1C(=O)c1ccc(F)cc1)CCC2C(=O)O. The van der Waals surface area contributed by atoms with Crippen LogP contribution in [0.5, 0.6) is 0 Å². The van der Waals surface area contributed by atoms with Gasteiger partial charge in [-0.15, -0.1) is 11.3 Å². The zero-order valence-corrected chi connectivity index (χ0v) is 12.2. The summed E-state index contributed by atoms with van der Waals surface area (Å²) in [5, 5.41) is 9.23. The van der Waals surface area contributed by atoms with Gasteiger partial charge in [0.25, 0.3) is 0 Å². The highest BCUT2D eigenvalue weighted by Crippen LogP contribution is 2.43. The van der Waals surface area contributed by atoms with Crippen molar-refractivity contribution in [1.82, 2.24) is 0 Å². The average molecular weight is 304 g/mol. The van der Waals surface area contributed by atoms with Crippen LogP contribution >= 0.6 is 11.3 Å². The van der Waals surface area contributed by atoms with Crippen LogP contribution in [0.2, 0.25) is 0 Å². The summed E-state index contributed by atoms with van der Waals surface area (Å²) in [5.74, 6) is -1.88. The summed E-state index contributed by atoms with van der Waals surface area (Å²) in [6, 6.07) is 5.44. The van der Waals surface area contributed by atoms with Crippen LogP contribution in [0.3, 0.4) is 0 Å². The number of thiophene rings is 1. The fourth-order valence-corrected chi connectivity index (χ4v) is 4.18. The molecule has 0 aliphatic heterocycles. The molecule has 21 heavy (non-hydrogen) atoms. The third-order valence-corrected chi connectivity index (χ3v) is 5.11. The van der Waals surface area contributed by atoms with Crippen LogP contribution in [0, 0.1) is 12.7 Å². The van der Waals surface area contributed by atoms with Crippen molar-refractivity contribution in [3.05, 3.63) is 56.5 Å². The Morgan fingerprint density at radius 3 is 2.57 bits per heavy atom. The van der Waals surface area contributed by atoms with Crippen LogP contribution in [0.1, 0.15) is 43.6 Å². The Bertz CT molecular complexity index is 731. The summed E-state index contributed by atoms with van der Waals surface area (Å²) >= 11 is 1.39. The van der Waals surface area contributed by atoms with E-state index in [-0.39, 0.29) is 11.6 Å². The normalized spacial score (nSPS) is 16.8. The molecule has 1 aromatic heterocycles. The molecule has 0 fully saturated rings. The smallest absolute Gasteiger partial charge is 0.311 e. The van der Waals surface area contributed by atoms with Crippen LogP contribution < -0.4 is 0 Å². The second-order valence-corrected chi connectivity index (χ2v) is 6.40. The van der Waals surface area contributed by atoms with Gasteiger partial charge in [0, 0.05) is 20.9 Å². The summed E-state index contributed by atoms with van der Waals surface area (Å²) in [5.41, 5.74) is 1.89. The van der Waals surface area contributed by atoms with Gasteiger partial charge in [-0.1, -0.05) is 0 Å². The first kappa shape index (κ1) is 13.9. The Balaban J connectivity index is 2.04. The number of rotatable bonds is 3. The lowest BCUT2D eigenvalue weighted by molar-refractivity contribution is -0.138. The molecule has 0 radical (unpaired) electrons. The molecular formula is C16H13FO3S. The van der Waals surface area contributed by atoms with Crippen LogP contribution in [0.4, 0.5) is 4.39 Å². The number of ketones is 1. The molecule has 1 aliphatic rings. The van der Waals surface area contributed by atoms with E-state index in [9.17, 15) is 19.1 Å². The second kappa shape index (κ2) is 5.07. The number of hydrogen-bond donors (Lipinski definition) is 1. The summed E-state index contributed by atoms with van der Waals surface area (Å²) in [7, 11) is 0. The lowest BCUT2D eigenvalue weighted by Gasteiger charge is -2.03. The van der Waals surface area contributed by atoms with Crippen LogP contribution in [0.15, 0.2) is 24.3 Å².